The molecule has 1 aliphatic rings. The van der Waals surface area contributed by atoms with Crippen molar-refractivity contribution in [1.29, 1.82) is 0 Å². The van der Waals surface area contributed by atoms with Gasteiger partial charge in [-0.1, -0.05) is 41.3 Å². The lowest BCUT2D eigenvalue weighted by molar-refractivity contribution is 0.0927. The van der Waals surface area contributed by atoms with Crippen molar-refractivity contribution in [2.75, 3.05) is 5.32 Å². The normalized spacial score (nSPS) is 15.2. The lowest BCUT2D eigenvalue weighted by Gasteiger charge is -2.22. The highest BCUT2D eigenvalue weighted by Crippen LogP contribution is 2.20. The molecular formula is C18H20BrN3O. The second kappa shape index (κ2) is 7.59. The average Bonchev–Trinajstić information content (AvgIpc) is 2.56. The van der Waals surface area contributed by atoms with E-state index in [9.17, 15) is 4.79 Å². The van der Waals surface area contributed by atoms with Crippen molar-refractivity contribution in [3.63, 3.8) is 0 Å². The summed E-state index contributed by atoms with van der Waals surface area (Å²) in [6, 6.07) is 11.8. The van der Waals surface area contributed by atoms with E-state index >= 15 is 0 Å². The van der Waals surface area contributed by atoms with E-state index in [1.54, 1.807) is 6.20 Å². The summed E-state index contributed by atoms with van der Waals surface area (Å²) in [6.45, 7) is 0. The molecule has 1 aromatic carbocycles. The number of rotatable bonds is 4. The van der Waals surface area contributed by atoms with Crippen LogP contribution in [0.25, 0.3) is 0 Å². The quantitative estimate of drug-likeness (QED) is 0.819. The van der Waals surface area contributed by atoms with Gasteiger partial charge in [-0.05, 0) is 43.2 Å². The predicted molar refractivity (Wildman–Crippen MR) is 96.0 cm³/mol. The minimum atomic E-state index is -0.0293. The zero-order valence-corrected chi connectivity index (χ0v) is 14.5. The van der Waals surface area contributed by atoms with Crippen molar-refractivity contribution in [3.8, 4) is 0 Å². The second-order valence-corrected chi connectivity index (χ2v) is 6.79. The maximum absolute atomic E-state index is 12.2. The summed E-state index contributed by atoms with van der Waals surface area (Å²) in [4.78, 5) is 16.6. The van der Waals surface area contributed by atoms with Crippen LogP contribution in [-0.4, -0.2) is 16.9 Å². The number of pyridine rings is 1. The first-order chi connectivity index (χ1) is 11.2. The van der Waals surface area contributed by atoms with Crippen molar-refractivity contribution >= 4 is 33.3 Å². The first kappa shape index (κ1) is 16.0. The Bertz CT molecular complexity index is 666. The minimum absolute atomic E-state index is 0.0293. The Balaban J connectivity index is 1.61. The topological polar surface area (TPSA) is 54.0 Å². The Labute approximate surface area is 144 Å². The fourth-order valence-corrected chi connectivity index (χ4v) is 3.23. The maximum atomic E-state index is 12.2. The van der Waals surface area contributed by atoms with Crippen LogP contribution in [0, 0.1) is 0 Å². The number of halogens is 1. The van der Waals surface area contributed by atoms with Crippen molar-refractivity contribution in [2.45, 2.75) is 38.1 Å². The molecule has 120 valence electrons. The number of carbonyl (C=O) groups is 1. The van der Waals surface area contributed by atoms with E-state index in [4.69, 9.17) is 0 Å². The molecule has 1 aliphatic carbocycles. The molecule has 0 radical (unpaired) electrons. The number of nitrogens with zero attached hydrogens (tertiary/aromatic N) is 1. The predicted octanol–water partition coefficient (Wildman–Crippen LogP) is 4.65. The lowest BCUT2D eigenvalue weighted by atomic mass is 9.95. The number of aromatic nitrogens is 1. The highest BCUT2D eigenvalue weighted by Gasteiger charge is 2.16. The van der Waals surface area contributed by atoms with Crippen LogP contribution in [0.4, 0.5) is 11.5 Å². The number of anilines is 2. The third-order valence-corrected chi connectivity index (χ3v) is 4.56. The summed E-state index contributed by atoms with van der Waals surface area (Å²) in [5.74, 6) is 0.690. The molecule has 1 aromatic heterocycles. The SMILES string of the molecule is O=C(NC1CCCCC1)c1ccc(Nc2cccc(Br)c2)nc1. The molecule has 5 heteroatoms. The van der Waals surface area contributed by atoms with E-state index in [1.165, 1.54) is 19.3 Å². The number of nitrogens with one attached hydrogen (secondary N) is 2. The summed E-state index contributed by atoms with van der Waals surface area (Å²) in [5, 5.41) is 6.33. The molecule has 2 N–H and O–H groups in total. The molecule has 1 saturated carbocycles. The summed E-state index contributed by atoms with van der Waals surface area (Å²) in [7, 11) is 0. The second-order valence-electron chi connectivity index (χ2n) is 5.88. The molecule has 0 atom stereocenters. The molecule has 1 amide bonds. The molecule has 0 aliphatic heterocycles. The standard InChI is InChI=1S/C18H20BrN3O/c19-14-5-4-8-16(11-14)21-17-10-9-13(12-20-17)18(23)22-15-6-2-1-3-7-15/h4-5,8-12,15H,1-3,6-7H2,(H,20,21)(H,22,23). The van der Waals surface area contributed by atoms with E-state index in [0.29, 0.717) is 11.6 Å². The van der Waals surface area contributed by atoms with E-state index in [2.05, 4.69) is 31.5 Å². The van der Waals surface area contributed by atoms with Crippen LogP contribution in [0.15, 0.2) is 47.1 Å². The Morgan fingerprint density at radius 3 is 2.65 bits per heavy atom. The van der Waals surface area contributed by atoms with Crippen LogP contribution in [0.5, 0.6) is 0 Å². The van der Waals surface area contributed by atoms with Crippen molar-refractivity contribution < 1.29 is 4.79 Å². The Hall–Kier alpha value is -1.88. The summed E-state index contributed by atoms with van der Waals surface area (Å²) in [6.07, 6.45) is 7.49. The smallest absolute Gasteiger partial charge is 0.253 e. The summed E-state index contributed by atoms with van der Waals surface area (Å²) >= 11 is 3.44. The molecule has 0 spiro atoms. The molecule has 4 nitrogen and oxygen atoms in total. The van der Waals surface area contributed by atoms with Gasteiger partial charge in [-0.25, -0.2) is 4.98 Å². The average molecular weight is 374 g/mol. The molecule has 0 saturated heterocycles. The monoisotopic (exact) mass is 373 g/mol. The van der Waals surface area contributed by atoms with Gasteiger partial charge >= 0.3 is 0 Å². The van der Waals surface area contributed by atoms with Gasteiger partial charge in [0.15, 0.2) is 0 Å². The molecule has 2 aromatic rings. The van der Waals surface area contributed by atoms with Gasteiger partial charge in [-0.15, -0.1) is 0 Å². The van der Waals surface area contributed by atoms with Crippen LogP contribution >= 0.6 is 15.9 Å². The van der Waals surface area contributed by atoms with Crippen LogP contribution in [0.3, 0.4) is 0 Å². The van der Waals surface area contributed by atoms with Gasteiger partial charge in [-0.3, -0.25) is 4.79 Å². The van der Waals surface area contributed by atoms with E-state index in [1.807, 2.05) is 36.4 Å². The first-order valence-electron chi connectivity index (χ1n) is 8.00. The zero-order chi connectivity index (χ0) is 16.1. The zero-order valence-electron chi connectivity index (χ0n) is 12.9. The highest BCUT2D eigenvalue weighted by molar-refractivity contribution is 9.10. The van der Waals surface area contributed by atoms with Gasteiger partial charge in [0, 0.05) is 22.4 Å². The van der Waals surface area contributed by atoms with Gasteiger partial charge in [-0.2, -0.15) is 0 Å². The van der Waals surface area contributed by atoms with Crippen molar-refractivity contribution in [1.82, 2.24) is 10.3 Å². The van der Waals surface area contributed by atoms with Crippen molar-refractivity contribution in [2.24, 2.45) is 0 Å². The van der Waals surface area contributed by atoms with Crippen LogP contribution in [0.2, 0.25) is 0 Å². The Morgan fingerprint density at radius 1 is 1.13 bits per heavy atom. The molecule has 1 fully saturated rings. The molecule has 0 bridgehead atoms. The third kappa shape index (κ3) is 4.55. The molecular weight excluding hydrogens is 354 g/mol. The Morgan fingerprint density at radius 2 is 1.96 bits per heavy atom. The molecule has 1 heterocycles. The van der Waals surface area contributed by atoms with Gasteiger partial charge in [0.25, 0.3) is 5.91 Å². The number of hydrogen-bond acceptors (Lipinski definition) is 3. The van der Waals surface area contributed by atoms with E-state index < -0.39 is 0 Å². The number of benzene rings is 1. The summed E-state index contributed by atoms with van der Waals surface area (Å²) in [5.41, 5.74) is 1.56. The van der Waals surface area contributed by atoms with Crippen LogP contribution < -0.4 is 10.6 Å². The van der Waals surface area contributed by atoms with Gasteiger partial charge in [0.2, 0.25) is 0 Å². The fourth-order valence-electron chi connectivity index (χ4n) is 2.83. The van der Waals surface area contributed by atoms with E-state index in [0.717, 1.165) is 28.8 Å². The first-order valence-corrected chi connectivity index (χ1v) is 8.79. The van der Waals surface area contributed by atoms with Crippen LogP contribution in [0.1, 0.15) is 42.5 Å². The number of hydrogen-bond donors (Lipinski definition) is 2. The molecule has 3 rings (SSSR count). The minimum Gasteiger partial charge on any atom is -0.349 e. The van der Waals surface area contributed by atoms with Crippen molar-refractivity contribution in [3.05, 3.63) is 52.6 Å². The van der Waals surface area contributed by atoms with Gasteiger partial charge < -0.3 is 10.6 Å². The molecule has 0 unspecified atom stereocenters. The number of amides is 1. The molecule has 23 heavy (non-hydrogen) atoms. The maximum Gasteiger partial charge on any atom is 0.253 e. The van der Waals surface area contributed by atoms with Gasteiger partial charge in [0.1, 0.15) is 5.82 Å². The van der Waals surface area contributed by atoms with Crippen LogP contribution in [-0.2, 0) is 0 Å². The Kier molecular flexibility index (Phi) is 5.28. The van der Waals surface area contributed by atoms with Gasteiger partial charge in [0.05, 0.1) is 5.56 Å². The largest absolute Gasteiger partial charge is 0.349 e. The lowest BCUT2D eigenvalue weighted by Crippen LogP contribution is -2.36. The highest BCUT2D eigenvalue weighted by atomic mass is 79.9. The third-order valence-electron chi connectivity index (χ3n) is 4.06. The summed E-state index contributed by atoms with van der Waals surface area (Å²) < 4.78 is 1.01. The van der Waals surface area contributed by atoms with E-state index in [-0.39, 0.29) is 5.91 Å². The fraction of sp³-hybridized carbons (Fsp3) is 0.333. The number of carbonyl (C=O) groups excluding carboxylic acids is 1.